The summed E-state index contributed by atoms with van der Waals surface area (Å²) in [5.74, 6) is 1.08. The highest BCUT2D eigenvalue weighted by atomic mass is 35.5. The first-order valence-electron chi connectivity index (χ1n) is 7.42. The van der Waals surface area contributed by atoms with Crippen LogP contribution < -0.4 is 20.6 Å². The van der Waals surface area contributed by atoms with Gasteiger partial charge in [0.25, 0.3) is 0 Å². The van der Waals surface area contributed by atoms with E-state index in [-0.39, 0.29) is 6.61 Å². The van der Waals surface area contributed by atoms with Gasteiger partial charge < -0.3 is 15.2 Å². The van der Waals surface area contributed by atoms with Crippen molar-refractivity contribution in [2.45, 2.75) is 13.5 Å². The lowest BCUT2D eigenvalue weighted by Crippen LogP contribution is -2.24. The molecule has 3 N–H and O–H groups in total. The molecule has 2 aromatic rings. The highest BCUT2D eigenvalue weighted by Crippen LogP contribution is 2.31. The molecule has 25 heavy (non-hydrogen) atoms. The second-order valence-electron chi connectivity index (χ2n) is 4.86. The molecule has 0 unspecified atom stereocenters. The lowest BCUT2D eigenvalue weighted by Gasteiger charge is -2.14. The monoisotopic (exact) mass is 381 g/mol. The van der Waals surface area contributed by atoms with Crippen molar-refractivity contribution >= 4 is 35.4 Å². The fourth-order valence-electron chi connectivity index (χ4n) is 1.98. The number of hydrogen-bond donors (Lipinski definition) is 2. The molecule has 0 radical (unpaired) electrons. The molecule has 0 aromatic heterocycles. The maximum Gasteiger partial charge on any atom is 0.332 e. The summed E-state index contributed by atoms with van der Waals surface area (Å²) >= 11 is 12.3. The van der Waals surface area contributed by atoms with E-state index in [1.807, 2.05) is 6.92 Å². The molecule has 0 atom stereocenters. The van der Waals surface area contributed by atoms with Crippen molar-refractivity contribution in [3.63, 3.8) is 0 Å². The minimum atomic E-state index is -0.738. The molecule has 8 heteroatoms. The van der Waals surface area contributed by atoms with Gasteiger partial charge in [0.05, 0.1) is 12.8 Å². The SMILES string of the molecule is CCOc1cc(C=NNC(N)=O)ccc1OCc1c(Cl)cccc1Cl. The van der Waals surface area contributed by atoms with E-state index in [1.165, 1.54) is 6.21 Å². The first kappa shape index (κ1) is 18.9. The molecule has 0 bridgehead atoms. The van der Waals surface area contributed by atoms with Crippen LogP contribution in [-0.4, -0.2) is 18.9 Å². The maximum atomic E-state index is 10.6. The van der Waals surface area contributed by atoms with Gasteiger partial charge in [-0.25, -0.2) is 10.2 Å². The second-order valence-corrected chi connectivity index (χ2v) is 5.68. The van der Waals surface area contributed by atoms with Crippen molar-refractivity contribution in [1.29, 1.82) is 0 Å². The number of carbonyl (C=O) groups excluding carboxylic acids is 1. The summed E-state index contributed by atoms with van der Waals surface area (Å²) in [7, 11) is 0. The molecule has 132 valence electrons. The summed E-state index contributed by atoms with van der Waals surface area (Å²) in [6, 6.07) is 9.77. The van der Waals surface area contributed by atoms with Gasteiger partial charge in [0.1, 0.15) is 6.61 Å². The van der Waals surface area contributed by atoms with Crippen LogP contribution in [0, 0.1) is 0 Å². The molecule has 0 heterocycles. The number of hydrogen-bond acceptors (Lipinski definition) is 4. The summed E-state index contributed by atoms with van der Waals surface area (Å²) in [5.41, 5.74) is 8.48. The van der Waals surface area contributed by atoms with Gasteiger partial charge >= 0.3 is 6.03 Å². The van der Waals surface area contributed by atoms with E-state index in [9.17, 15) is 4.79 Å². The number of halogens is 2. The lowest BCUT2D eigenvalue weighted by atomic mass is 10.2. The topological polar surface area (TPSA) is 85.9 Å². The largest absolute Gasteiger partial charge is 0.490 e. The van der Waals surface area contributed by atoms with Crippen LogP contribution in [0.5, 0.6) is 11.5 Å². The predicted octanol–water partition coefficient (Wildman–Crippen LogP) is 3.97. The van der Waals surface area contributed by atoms with Gasteiger partial charge in [-0.3, -0.25) is 0 Å². The molecule has 2 rings (SSSR count). The van der Waals surface area contributed by atoms with E-state index in [0.29, 0.717) is 39.3 Å². The van der Waals surface area contributed by atoms with Gasteiger partial charge in [-0.2, -0.15) is 5.10 Å². The summed E-state index contributed by atoms with van der Waals surface area (Å²) in [5, 5.41) is 4.78. The quantitative estimate of drug-likeness (QED) is 0.561. The molecule has 0 aliphatic heterocycles. The van der Waals surface area contributed by atoms with Crippen LogP contribution in [0.25, 0.3) is 0 Å². The second kappa shape index (κ2) is 9.15. The highest BCUT2D eigenvalue weighted by Gasteiger charge is 2.10. The molecule has 2 aromatic carbocycles. The van der Waals surface area contributed by atoms with Crippen LogP contribution in [0.3, 0.4) is 0 Å². The summed E-state index contributed by atoms with van der Waals surface area (Å²) in [4.78, 5) is 10.6. The van der Waals surface area contributed by atoms with Gasteiger partial charge in [-0.15, -0.1) is 0 Å². The predicted molar refractivity (Wildman–Crippen MR) is 98.7 cm³/mol. The Morgan fingerprint density at radius 2 is 1.92 bits per heavy atom. The van der Waals surface area contributed by atoms with Gasteiger partial charge in [-0.1, -0.05) is 29.3 Å². The Bertz CT molecular complexity index is 761. The van der Waals surface area contributed by atoms with Gasteiger partial charge in [-0.05, 0) is 42.8 Å². The van der Waals surface area contributed by atoms with Crippen LogP contribution in [0.15, 0.2) is 41.5 Å². The Labute approximate surface area is 155 Å². The summed E-state index contributed by atoms with van der Waals surface area (Å²) in [6.07, 6.45) is 1.45. The van der Waals surface area contributed by atoms with Crippen molar-refractivity contribution in [1.82, 2.24) is 5.43 Å². The summed E-state index contributed by atoms with van der Waals surface area (Å²) in [6.45, 7) is 2.53. The van der Waals surface area contributed by atoms with Gasteiger partial charge in [0.2, 0.25) is 0 Å². The summed E-state index contributed by atoms with van der Waals surface area (Å²) < 4.78 is 11.4. The first-order chi connectivity index (χ1) is 12.0. The van der Waals surface area contributed by atoms with Crippen LogP contribution in [0.1, 0.15) is 18.1 Å². The van der Waals surface area contributed by atoms with Crippen molar-refractivity contribution in [2.75, 3.05) is 6.61 Å². The fourth-order valence-corrected chi connectivity index (χ4v) is 2.49. The van der Waals surface area contributed by atoms with E-state index in [0.717, 1.165) is 0 Å². The van der Waals surface area contributed by atoms with Crippen molar-refractivity contribution < 1.29 is 14.3 Å². The average Bonchev–Trinajstić information content (AvgIpc) is 2.56. The first-order valence-corrected chi connectivity index (χ1v) is 8.18. The van der Waals surface area contributed by atoms with Crippen LogP contribution in [-0.2, 0) is 6.61 Å². The number of hydrazone groups is 1. The zero-order chi connectivity index (χ0) is 18.2. The maximum absolute atomic E-state index is 10.6. The number of nitrogens with two attached hydrogens (primary N) is 1. The number of rotatable bonds is 7. The minimum Gasteiger partial charge on any atom is -0.490 e. The zero-order valence-electron chi connectivity index (χ0n) is 13.5. The Kier molecular flexibility index (Phi) is 6.91. The normalized spacial score (nSPS) is 10.7. The van der Waals surface area contributed by atoms with Crippen molar-refractivity contribution in [3.05, 3.63) is 57.6 Å². The molecule has 0 saturated heterocycles. The Morgan fingerprint density at radius 1 is 1.20 bits per heavy atom. The highest BCUT2D eigenvalue weighted by molar-refractivity contribution is 6.35. The molecular formula is C17H17Cl2N3O3. The third-order valence-electron chi connectivity index (χ3n) is 3.09. The van der Waals surface area contributed by atoms with Crippen molar-refractivity contribution in [3.8, 4) is 11.5 Å². The number of nitrogens with one attached hydrogen (secondary N) is 1. The lowest BCUT2D eigenvalue weighted by molar-refractivity contribution is 0.249. The number of primary amides is 1. The third-order valence-corrected chi connectivity index (χ3v) is 3.80. The van der Waals surface area contributed by atoms with E-state index < -0.39 is 6.03 Å². The molecule has 0 spiro atoms. The number of urea groups is 1. The van der Waals surface area contributed by atoms with Gasteiger partial charge in [0, 0.05) is 15.6 Å². The molecule has 0 saturated carbocycles. The number of carbonyl (C=O) groups is 1. The number of nitrogens with zero attached hydrogens (tertiary/aromatic N) is 1. The molecular weight excluding hydrogens is 365 g/mol. The van der Waals surface area contributed by atoms with Crippen LogP contribution >= 0.6 is 23.2 Å². The Morgan fingerprint density at radius 3 is 2.56 bits per heavy atom. The zero-order valence-corrected chi connectivity index (χ0v) is 15.0. The van der Waals surface area contributed by atoms with E-state index >= 15 is 0 Å². The molecule has 0 fully saturated rings. The van der Waals surface area contributed by atoms with Gasteiger partial charge in [0.15, 0.2) is 11.5 Å². The molecule has 6 nitrogen and oxygen atoms in total. The third kappa shape index (κ3) is 5.55. The number of ether oxygens (including phenoxy) is 2. The van der Waals surface area contributed by atoms with E-state index in [1.54, 1.807) is 36.4 Å². The van der Waals surface area contributed by atoms with Crippen molar-refractivity contribution in [2.24, 2.45) is 10.8 Å². The molecule has 0 aliphatic rings. The molecule has 0 aliphatic carbocycles. The van der Waals surface area contributed by atoms with Crippen LogP contribution in [0.2, 0.25) is 10.0 Å². The standard InChI is InChI=1S/C17H17Cl2N3O3/c1-2-24-16-8-11(9-21-22-17(20)23)6-7-15(16)25-10-12-13(18)4-3-5-14(12)19/h3-9H,2,10H2,1H3,(H3,20,22,23). The number of benzene rings is 2. The Hall–Kier alpha value is -2.44. The minimum absolute atomic E-state index is 0.204. The van der Waals surface area contributed by atoms with E-state index in [2.05, 4.69) is 10.5 Å². The fraction of sp³-hybridized carbons (Fsp3) is 0.176. The number of amides is 2. The van der Waals surface area contributed by atoms with Crippen LogP contribution in [0.4, 0.5) is 4.79 Å². The Balaban J connectivity index is 2.16. The average molecular weight is 382 g/mol. The van der Waals surface area contributed by atoms with E-state index in [4.69, 9.17) is 38.4 Å². The molecule has 2 amide bonds. The smallest absolute Gasteiger partial charge is 0.332 e.